The fraction of sp³-hybridized carbons (Fsp3) is 1.00. The van der Waals surface area contributed by atoms with Crippen LogP contribution in [0, 0.1) is 0 Å². The average Bonchev–Trinajstić information content (AvgIpc) is 1.86. The minimum atomic E-state index is -3.13. The minimum Gasteiger partial charge on any atom is -0.396 e. The third-order valence-corrected chi connectivity index (χ3v) is 0.512. The van der Waals surface area contributed by atoms with Crippen molar-refractivity contribution in [3.63, 3.8) is 0 Å². The molecule has 5 N–H and O–H groups in total. The van der Waals surface area contributed by atoms with Crippen LogP contribution in [0.4, 0.5) is 0 Å². The van der Waals surface area contributed by atoms with Crippen molar-refractivity contribution in [3.8, 4) is 0 Å². The van der Waals surface area contributed by atoms with Gasteiger partial charge in [0, 0.05) is 6.61 Å². The molecule has 0 atom stereocenters. The molecule has 0 aliphatic rings. The molecule has 9 heteroatoms. The van der Waals surface area contributed by atoms with Crippen molar-refractivity contribution in [1.82, 2.24) is 0 Å². The zero-order valence-electron chi connectivity index (χ0n) is 7.17. The van der Waals surface area contributed by atoms with Crippen LogP contribution in [0.5, 0.6) is 0 Å². The predicted molar refractivity (Wildman–Crippen MR) is 48.9 cm³/mol. The van der Waals surface area contributed by atoms with E-state index in [1.54, 1.807) is 0 Å². The average molecular weight is 238 g/mol. The van der Waals surface area contributed by atoms with Crippen LogP contribution in [0.1, 0.15) is 19.8 Å². The lowest BCUT2D eigenvalue weighted by Gasteiger charge is -1.79. The van der Waals surface area contributed by atoms with E-state index in [4.69, 9.17) is 33.8 Å². The highest BCUT2D eigenvalue weighted by Gasteiger charge is 1.69. The summed E-state index contributed by atoms with van der Waals surface area (Å²) in [6.45, 7) is 2.40. The number of hydrogen-bond acceptors (Lipinski definition) is 3. The van der Waals surface area contributed by atoms with Crippen LogP contribution in [0.3, 0.4) is 0 Å². The topological polar surface area (TPSA) is 135 Å². The molecular weight excluding hydrogens is 222 g/mol. The third kappa shape index (κ3) is 253. The molecule has 7 nitrogen and oxygen atoms in total. The van der Waals surface area contributed by atoms with E-state index in [2.05, 4.69) is 6.92 Å². The van der Waals surface area contributed by atoms with E-state index in [-0.39, 0.29) is 0 Å². The van der Waals surface area contributed by atoms with Crippen molar-refractivity contribution in [2.75, 3.05) is 6.61 Å². The van der Waals surface area contributed by atoms with Crippen molar-refractivity contribution in [3.05, 3.63) is 0 Å². The molecule has 0 heterocycles. The maximum Gasteiger partial charge on any atom is 0.314 e. The van der Waals surface area contributed by atoms with Gasteiger partial charge in [-0.2, -0.15) is 0 Å². The predicted octanol–water partition coefficient (Wildman–Crippen LogP) is -0.500. The van der Waals surface area contributed by atoms with Crippen LogP contribution in [0.2, 0.25) is 0 Å². The van der Waals surface area contributed by atoms with Gasteiger partial charge >= 0.3 is 16.5 Å². The SMILES string of the molecule is CCCCO.O=[PH](O)O.O=[PH](O)O. The summed E-state index contributed by atoms with van der Waals surface area (Å²) in [5.74, 6) is 0. The van der Waals surface area contributed by atoms with E-state index < -0.39 is 16.5 Å². The summed E-state index contributed by atoms with van der Waals surface area (Å²) >= 11 is 0. The van der Waals surface area contributed by atoms with E-state index in [0.29, 0.717) is 6.61 Å². The van der Waals surface area contributed by atoms with Gasteiger partial charge in [0.2, 0.25) is 0 Å². The van der Waals surface area contributed by atoms with Crippen LogP contribution in [-0.4, -0.2) is 31.3 Å². The quantitative estimate of drug-likeness (QED) is 0.409. The lowest BCUT2D eigenvalue weighted by Crippen LogP contribution is -1.75. The molecule has 13 heavy (non-hydrogen) atoms. The largest absolute Gasteiger partial charge is 0.396 e. The summed E-state index contributed by atoms with van der Waals surface area (Å²) in [7, 11) is -6.26. The van der Waals surface area contributed by atoms with Gasteiger partial charge in [-0.15, -0.1) is 0 Å². The second kappa shape index (κ2) is 18.1. The van der Waals surface area contributed by atoms with Crippen LogP contribution >= 0.6 is 16.5 Å². The highest BCUT2D eigenvalue weighted by atomic mass is 31.1. The number of aliphatic hydroxyl groups excluding tert-OH is 1. The van der Waals surface area contributed by atoms with Gasteiger partial charge in [0.15, 0.2) is 0 Å². The third-order valence-electron chi connectivity index (χ3n) is 0.512. The molecule has 0 saturated heterocycles. The summed E-state index contributed by atoms with van der Waals surface area (Å²) in [5, 5.41) is 8.07. The van der Waals surface area contributed by atoms with E-state index >= 15 is 0 Å². The highest BCUT2D eigenvalue weighted by molar-refractivity contribution is 7.31. The Balaban J connectivity index is -0.000000117. The van der Waals surface area contributed by atoms with Crippen molar-refractivity contribution in [1.29, 1.82) is 0 Å². The molecule has 0 amide bonds. The zero-order valence-corrected chi connectivity index (χ0v) is 9.17. The Morgan fingerprint density at radius 3 is 1.23 bits per heavy atom. The first kappa shape index (κ1) is 18.9. The number of unbranched alkanes of at least 4 members (excludes halogenated alkanes) is 1. The lowest BCUT2D eigenvalue weighted by molar-refractivity contribution is 0.287. The Morgan fingerprint density at radius 1 is 1.00 bits per heavy atom. The molecule has 0 aromatic rings. The lowest BCUT2D eigenvalue weighted by atomic mass is 10.4. The van der Waals surface area contributed by atoms with Crippen LogP contribution < -0.4 is 0 Å². The second-order valence-corrected chi connectivity index (χ2v) is 2.77. The van der Waals surface area contributed by atoms with Crippen molar-refractivity contribution < 1.29 is 33.8 Å². The summed E-state index contributed by atoms with van der Waals surface area (Å²) in [4.78, 5) is 28.6. The molecule has 0 saturated carbocycles. The van der Waals surface area contributed by atoms with Gasteiger partial charge in [0.05, 0.1) is 0 Å². The maximum atomic E-state index is 8.74. The van der Waals surface area contributed by atoms with Crippen molar-refractivity contribution in [2.24, 2.45) is 0 Å². The fourth-order valence-corrected chi connectivity index (χ4v) is 0.158. The molecule has 0 aliphatic heterocycles. The second-order valence-electron chi connectivity index (χ2n) is 1.64. The Bertz CT molecular complexity index is 106. The molecule has 0 fully saturated rings. The molecule has 0 rings (SSSR count). The zero-order chi connectivity index (χ0) is 11.3. The monoisotopic (exact) mass is 238 g/mol. The Kier molecular flexibility index (Phi) is 26.4. The summed E-state index contributed by atoms with van der Waals surface area (Å²) in [6, 6.07) is 0. The number of rotatable bonds is 2. The summed E-state index contributed by atoms with van der Waals surface area (Å²) in [5.41, 5.74) is 0. The Hall–Kier alpha value is 0.260. The molecule has 0 aromatic carbocycles. The number of hydrogen-bond donors (Lipinski definition) is 5. The van der Waals surface area contributed by atoms with E-state index in [0.717, 1.165) is 12.8 Å². The van der Waals surface area contributed by atoms with Gasteiger partial charge in [0.1, 0.15) is 0 Å². The highest BCUT2D eigenvalue weighted by Crippen LogP contribution is 1.98. The Morgan fingerprint density at radius 2 is 1.23 bits per heavy atom. The van der Waals surface area contributed by atoms with Crippen molar-refractivity contribution >= 4 is 16.5 Å². The summed E-state index contributed by atoms with van der Waals surface area (Å²) < 4.78 is 17.5. The maximum absolute atomic E-state index is 8.74. The van der Waals surface area contributed by atoms with Gasteiger partial charge in [-0.1, -0.05) is 13.3 Å². The van der Waals surface area contributed by atoms with Gasteiger partial charge in [-0.3, -0.25) is 9.13 Å². The van der Waals surface area contributed by atoms with Gasteiger partial charge in [-0.25, -0.2) is 0 Å². The molecule has 0 radical (unpaired) electrons. The smallest absolute Gasteiger partial charge is 0.314 e. The normalized spacial score (nSPS) is 8.62. The molecular formula is C4H16O7P2. The first-order valence-corrected chi connectivity index (χ1v) is 5.93. The van der Waals surface area contributed by atoms with Gasteiger partial charge in [0.25, 0.3) is 0 Å². The first-order valence-electron chi connectivity index (χ1n) is 3.33. The molecule has 0 aliphatic carbocycles. The minimum absolute atomic E-state index is 0.344. The van der Waals surface area contributed by atoms with Gasteiger partial charge in [-0.05, 0) is 6.42 Å². The standard InChI is InChI=1S/C4H10O.2H3O3P/c1-2-3-4-5;2*1-4(2)3/h5H,2-4H2,1H3;2*4H,(H2,1,2,3). The molecule has 0 bridgehead atoms. The van der Waals surface area contributed by atoms with Crippen LogP contribution in [0.15, 0.2) is 0 Å². The van der Waals surface area contributed by atoms with Crippen molar-refractivity contribution in [2.45, 2.75) is 19.8 Å². The molecule has 84 valence electrons. The van der Waals surface area contributed by atoms with E-state index in [1.807, 2.05) is 0 Å². The van der Waals surface area contributed by atoms with E-state index in [1.165, 1.54) is 0 Å². The fourth-order valence-electron chi connectivity index (χ4n) is 0.158. The molecule has 0 spiro atoms. The first-order chi connectivity index (χ1) is 5.88. The van der Waals surface area contributed by atoms with Gasteiger partial charge < -0.3 is 24.7 Å². The van der Waals surface area contributed by atoms with Crippen LogP contribution in [-0.2, 0) is 9.13 Å². The number of aliphatic hydroxyl groups is 1. The molecule has 0 unspecified atom stereocenters. The summed E-state index contributed by atoms with van der Waals surface area (Å²) in [6.07, 6.45) is 2.04. The van der Waals surface area contributed by atoms with Crippen LogP contribution in [0.25, 0.3) is 0 Å². The van der Waals surface area contributed by atoms with E-state index in [9.17, 15) is 0 Å². The molecule has 0 aromatic heterocycles. The Labute approximate surface area is 77.6 Å².